The fraction of sp³-hybridized carbons (Fsp3) is 0.152. The highest BCUT2D eigenvalue weighted by atomic mass is 16.4. The van der Waals surface area contributed by atoms with Crippen LogP contribution in [-0.2, 0) is 11.2 Å². The van der Waals surface area contributed by atoms with Crippen LogP contribution in [0.1, 0.15) is 43.0 Å². The van der Waals surface area contributed by atoms with Crippen LogP contribution in [0.15, 0.2) is 79.1 Å². The standard InChI is InChI=1S/C23H16O6.C7H9N.C3H7NO/c24-20-16(14-7-3-1-5-12(14)9-18(20)22(26)27)11-17-15-8-4-2-6-13(15)10-19(21(17)25)23(28)29;1-6-3-7(2)5-8-4-6;1-4(2)3-5/h1-10,24-25H,11H2,(H,26,27)(H,28,29);3-5H,1-2H3;3H,1-2H3. The van der Waals surface area contributed by atoms with Gasteiger partial charge < -0.3 is 25.3 Å². The number of aromatic amines is 1. The second kappa shape index (κ2) is 13.8. The molecule has 9 heteroatoms. The molecule has 0 atom stereocenters. The average Bonchev–Trinajstić information content (AvgIpc) is 2.95. The quantitative estimate of drug-likeness (QED) is 0.262. The zero-order valence-electron chi connectivity index (χ0n) is 23.7. The number of pyridine rings is 1. The van der Waals surface area contributed by atoms with Gasteiger partial charge in [-0.3, -0.25) is 4.79 Å². The van der Waals surface area contributed by atoms with Crippen molar-refractivity contribution in [3.05, 3.63) is 113 Å². The number of hydrogen-bond acceptors (Lipinski definition) is 5. The Morgan fingerprint density at radius 3 is 1.69 bits per heavy atom. The van der Waals surface area contributed by atoms with Gasteiger partial charge in [0.05, 0.1) is 5.56 Å². The van der Waals surface area contributed by atoms with E-state index in [1.807, 2.05) is 12.4 Å². The molecule has 42 heavy (non-hydrogen) atoms. The Bertz CT molecular complexity index is 1640. The van der Waals surface area contributed by atoms with E-state index in [0.29, 0.717) is 21.5 Å². The number of aromatic carboxylic acids is 2. The Balaban J connectivity index is 0.000000309. The van der Waals surface area contributed by atoms with Crippen molar-refractivity contribution in [3.63, 3.8) is 0 Å². The lowest BCUT2D eigenvalue weighted by atomic mass is 9.90. The maximum Gasteiger partial charge on any atom is 0.339 e. The SMILES string of the molecule is CN(C)C=O.Cc1c[nH+]cc(C)c1.O=C(O)c1cc2ccccc2c(Cc2c(O)c(C(=O)O)cc3ccccc23)c1[O-]. The van der Waals surface area contributed by atoms with Crippen LogP contribution in [0.4, 0.5) is 0 Å². The van der Waals surface area contributed by atoms with E-state index < -0.39 is 23.4 Å². The molecule has 0 aliphatic carbocycles. The lowest BCUT2D eigenvalue weighted by Gasteiger charge is -2.21. The van der Waals surface area contributed by atoms with Gasteiger partial charge in [0.1, 0.15) is 11.3 Å². The summed E-state index contributed by atoms with van der Waals surface area (Å²) in [7, 11) is 3.38. The molecule has 1 aromatic heterocycles. The van der Waals surface area contributed by atoms with Crippen molar-refractivity contribution >= 4 is 39.9 Å². The number of H-pyrrole nitrogens is 1. The van der Waals surface area contributed by atoms with Crippen LogP contribution in [-0.4, -0.2) is 52.7 Å². The smallest absolute Gasteiger partial charge is 0.339 e. The maximum atomic E-state index is 12.9. The van der Waals surface area contributed by atoms with Gasteiger partial charge in [0.25, 0.3) is 0 Å². The maximum absolute atomic E-state index is 12.9. The number of aromatic hydroxyl groups is 1. The van der Waals surface area contributed by atoms with E-state index in [2.05, 4.69) is 24.9 Å². The number of aromatic nitrogens is 1. The number of rotatable bonds is 5. The van der Waals surface area contributed by atoms with E-state index in [1.165, 1.54) is 28.2 Å². The molecular formula is C33H32N2O7. The van der Waals surface area contributed by atoms with Crippen LogP contribution in [0, 0.1) is 13.8 Å². The summed E-state index contributed by atoms with van der Waals surface area (Å²) >= 11 is 0. The Morgan fingerprint density at radius 1 is 0.810 bits per heavy atom. The third kappa shape index (κ3) is 7.39. The third-order valence-electron chi connectivity index (χ3n) is 6.33. The molecule has 4 N–H and O–H groups in total. The summed E-state index contributed by atoms with van der Waals surface area (Å²) in [5.74, 6) is -3.71. The van der Waals surface area contributed by atoms with Gasteiger partial charge in [-0.1, -0.05) is 54.3 Å². The molecule has 5 rings (SSSR count). The van der Waals surface area contributed by atoms with E-state index >= 15 is 0 Å². The van der Waals surface area contributed by atoms with E-state index in [-0.39, 0.29) is 28.7 Å². The third-order valence-corrected chi connectivity index (χ3v) is 6.33. The average molecular weight is 569 g/mol. The van der Waals surface area contributed by atoms with Crippen molar-refractivity contribution < 1.29 is 39.8 Å². The van der Waals surface area contributed by atoms with Gasteiger partial charge in [-0.25, -0.2) is 14.6 Å². The van der Waals surface area contributed by atoms with Crippen molar-refractivity contribution in [2.75, 3.05) is 14.1 Å². The number of carbonyl (C=O) groups is 3. The molecule has 1 heterocycles. The van der Waals surface area contributed by atoms with Crippen molar-refractivity contribution in [1.82, 2.24) is 4.90 Å². The number of amides is 1. The molecule has 0 aliphatic heterocycles. The summed E-state index contributed by atoms with van der Waals surface area (Å²) in [5, 5.41) is 44.8. The van der Waals surface area contributed by atoms with Crippen LogP contribution < -0.4 is 10.1 Å². The number of aryl methyl sites for hydroxylation is 2. The van der Waals surface area contributed by atoms with Gasteiger partial charge in [0.15, 0.2) is 12.4 Å². The molecule has 0 radical (unpaired) electrons. The molecule has 0 saturated heterocycles. The second-order valence-corrected chi connectivity index (χ2v) is 9.87. The molecule has 216 valence electrons. The minimum absolute atomic E-state index is 0.103. The Labute approximate surface area is 242 Å². The van der Waals surface area contributed by atoms with Gasteiger partial charge in [-0.15, -0.1) is 0 Å². The van der Waals surface area contributed by atoms with Crippen LogP contribution in [0.5, 0.6) is 11.5 Å². The van der Waals surface area contributed by atoms with Crippen molar-refractivity contribution in [2.24, 2.45) is 0 Å². The first-order valence-electron chi connectivity index (χ1n) is 12.9. The predicted octanol–water partition coefficient (Wildman–Crippen LogP) is 4.58. The minimum atomic E-state index is -1.34. The lowest BCUT2D eigenvalue weighted by Crippen LogP contribution is -2.09. The Kier molecular flexibility index (Phi) is 10.2. The molecule has 4 aromatic carbocycles. The first kappa shape index (κ1) is 31.1. The Morgan fingerprint density at radius 2 is 1.26 bits per heavy atom. The molecular weight excluding hydrogens is 536 g/mol. The van der Waals surface area contributed by atoms with Gasteiger partial charge >= 0.3 is 11.9 Å². The van der Waals surface area contributed by atoms with Crippen LogP contribution in [0.2, 0.25) is 0 Å². The molecule has 0 fully saturated rings. The first-order chi connectivity index (χ1) is 19.9. The molecule has 0 unspecified atom stereocenters. The number of fused-ring (bicyclic) bond motifs is 2. The largest absolute Gasteiger partial charge is 0.872 e. The van der Waals surface area contributed by atoms with Crippen molar-refractivity contribution in [2.45, 2.75) is 20.3 Å². The molecule has 0 bridgehead atoms. The summed E-state index contributed by atoms with van der Waals surface area (Å²) in [4.78, 5) is 37.1. The van der Waals surface area contributed by atoms with Crippen LogP contribution in [0.3, 0.4) is 0 Å². The number of hydrogen-bond donors (Lipinski definition) is 3. The zero-order chi connectivity index (χ0) is 31.0. The predicted molar refractivity (Wildman–Crippen MR) is 158 cm³/mol. The van der Waals surface area contributed by atoms with E-state index in [0.717, 1.165) is 6.41 Å². The fourth-order valence-electron chi connectivity index (χ4n) is 4.42. The monoisotopic (exact) mass is 568 g/mol. The first-order valence-corrected chi connectivity index (χ1v) is 12.9. The molecule has 0 aliphatic rings. The van der Waals surface area contributed by atoms with E-state index in [9.17, 15) is 34.8 Å². The van der Waals surface area contributed by atoms with Gasteiger partial charge in [0, 0.05) is 37.2 Å². The van der Waals surface area contributed by atoms with E-state index in [1.54, 1.807) is 62.6 Å². The van der Waals surface area contributed by atoms with Crippen LogP contribution >= 0.6 is 0 Å². The summed E-state index contributed by atoms with van der Waals surface area (Å²) in [6.45, 7) is 4.15. The molecule has 0 saturated carbocycles. The topological polar surface area (TPSA) is 152 Å². The van der Waals surface area contributed by atoms with Gasteiger partial charge in [-0.2, -0.15) is 0 Å². The molecule has 5 aromatic rings. The van der Waals surface area contributed by atoms with Crippen LogP contribution in [0.25, 0.3) is 21.5 Å². The molecule has 9 nitrogen and oxygen atoms in total. The number of carbonyl (C=O) groups excluding carboxylic acids is 1. The number of carboxylic acid groups (broad SMARTS) is 2. The van der Waals surface area contributed by atoms with Crippen molar-refractivity contribution in [3.8, 4) is 11.5 Å². The summed E-state index contributed by atoms with van der Waals surface area (Å²) in [6, 6.07) is 18.7. The van der Waals surface area contributed by atoms with Gasteiger partial charge in [-0.05, 0) is 59.2 Å². The summed E-state index contributed by atoms with van der Waals surface area (Å²) in [5.41, 5.74) is 2.39. The van der Waals surface area contributed by atoms with Crippen molar-refractivity contribution in [1.29, 1.82) is 0 Å². The number of phenols is 1. The Hall–Kier alpha value is -5.44. The summed E-state index contributed by atoms with van der Waals surface area (Å²) in [6.07, 6.45) is 4.61. The van der Waals surface area contributed by atoms with E-state index in [4.69, 9.17) is 0 Å². The summed E-state index contributed by atoms with van der Waals surface area (Å²) < 4.78 is 0. The normalized spacial score (nSPS) is 10.2. The number of benzene rings is 4. The lowest BCUT2D eigenvalue weighted by molar-refractivity contribution is -0.379. The minimum Gasteiger partial charge on any atom is -0.872 e. The number of nitrogens with zero attached hydrogens (tertiary/aromatic N) is 1. The number of carboxylic acids is 2. The molecule has 0 spiro atoms. The number of nitrogens with one attached hydrogen (secondary N) is 1. The zero-order valence-corrected chi connectivity index (χ0v) is 23.7. The highest BCUT2D eigenvalue weighted by molar-refractivity contribution is 6.02. The second-order valence-electron chi connectivity index (χ2n) is 9.87. The highest BCUT2D eigenvalue weighted by Gasteiger charge is 2.20. The highest BCUT2D eigenvalue weighted by Crippen LogP contribution is 2.37. The fourth-order valence-corrected chi connectivity index (χ4v) is 4.42. The molecule has 1 amide bonds. The van der Waals surface area contributed by atoms with Gasteiger partial charge in [0.2, 0.25) is 6.41 Å².